The lowest BCUT2D eigenvalue weighted by atomic mass is 10.1. The third kappa shape index (κ3) is 2.84. The van der Waals surface area contributed by atoms with E-state index < -0.39 is 0 Å². The summed E-state index contributed by atoms with van der Waals surface area (Å²) in [5, 5.41) is 17.0. The minimum absolute atomic E-state index is 0.214. The topological polar surface area (TPSA) is 72.9 Å². The zero-order chi connectivity index (χ0) is 19.3. The van der Waals surface area contributed by atoms with E-state index in [1.807, 2.05) is 25.3 Å². The average Bonchev–Trinajstić information content (AvgIpc) is 3.30. The van der Waals surface area contributed by atoms with Crippen molar-refractivity contribution in [1.29, 1.82) is 0 Å². The molecule has 0 aliphatic carbocycles. The number of fused-ring (bicyclic) bond motifs is 2. The lowest BCUT2D eigenvalue weighted by Crippen LogP contribution is -2.30. The van der Waals surface area contributed by atoms with Gasteiger partial charge in [-0.25, -0.2) is 13.9 Å². The predicted molar refractivity (Wildman–Crippen MR) is 105 cm³/mol. The fourth-order valence-electron chi connectivity index (χ4n) is 3.90. The minimum Gasteiger partial charge on any atom is -0.317 e. The first-order valence-electron chi connectivity index (χ1n) is 9.75. The summed E-state index contributed by atoms with van der Waals surface area (Å²) in [5.41, 5.74) is 5.13. The summed E-state index contributed by atoms with van der Waals surface area (Å²) in [5.74, 6) is -0.366. The predicted octanol–water partition coefficient (Wildman–Crippen LogP) is 3.08. The fourth-order valence-corrected chi connectivity index (χ4v) is 3.90. The van der Waals surface area contributed by atoms with Crippen LogP contribution in [0, 0.1) is 12.7 Å². The van der Waals surface area contributed by atoms with E-state index in [0.717, 1.165) is 49.3 Å². The summed E-state index contributed by atoms with van der Waals surface area (Å²) in [7, 11) is 0. The summed E-state index contributed by atoms with van der Waals surface area (Å²) in [6.45, 7) is 5.89. The number of hydrogen-bond donors (Lipinski definition) is 1. The molecule has 1 aromatic carbocycles. The first-order valence-corrected chi connectivity index (χ1v) is 9.75. The molecule has 3 aromatic heterocycles. The van der Waals surface area contributed by atoms with Crippen LogP contribution in [0.3, 0.4) is 0 Å². The molecule has 0 radical (unpaired) electrons. The number of hydrogen-bond acceptors (Lipinski definition) is 5. The quantitative estimate of drug-likeness (QED) is 0.592. The van der Waals surface area contributed by atoms with E-state index in [-0.39, 0.29) is 11.9 Å². The average molecular weight is 379 g/mol. The molecule has 0 saturated carbocycles. The van der Waals surface area contributed by atoms with E-state index in [9.17, 15) is 4.39 Å². The number of aryl methyl sites for hydroxylation is 2. The van der Waals surface area contributed by atoms with Crippen molar-refractivity contribution in [2.45, 2.75) is 39.2 Å². The lowest BCUT2D eigenvalue weighted by molar-refractivity contribution is 0.316. The van der Waals surface area contributed by atoms with Crippen molar-refractivity contribution in [3.63, 3.8) is 0 Å². The zero-order valence-electron chi connectivity index (χ0n) is 16.0. The van der Waals surface area contributed by atoms with Gasteiger partial charge in [-0.2, -0.15) is 15.0 Å². The first kappa shape index (κ1) is 17.2. The molecule has 1 fully saturated rings. The van der Waals surface area contributed by atoms with Crippen LogP contribution in [-0.4, -0.2) is 42.7 Å². The minimum atomic E-state index is -0.366. The smallest absolute Gasteiger partial charge is 0.156 e. The molecule has 7 nitrogen and oxygen atoms in total. The summed E-state index contributed by atoms with van der Waals surface area (Å²) in [4.78, 5) is 6.22. The molecule has 5 rings (SSSR count). The monoisotopic (exact) mass is 379 g/mol. The maximum Gasteiger partial charge on any atom is 0.156 e. The molecule has 1 aliphatic rings. The number of piperidine rings is 1. The van der Waals surface area contributed by atoms with Gasteiger partial charge in [0.25, 0.3) is 0 Å². The molecule has 4 heterocycles. The highest BCUT2D eigenvalue weighted by molar-refractivity contribution is 5.81. The molecule has 0 amide bonds. The Morgan fingerprint density at radius 1 is 1.14 bits per heavy atom. The molecule has 0 bridgehead atoms. The van der Waals surface area contributed by atoms with Crippen molar-refractivity contribution in [2.24, 2.45) is 0 Å². The van der Waals surface area contributed by atoms with Crippen molar-refractivity contribution in [3.05, 3.63) is 41.5 Å². The first-order chi connectivity index (χ1) is 13.6. The molecule has 28 heavy (non-hydrogen) atoms. The van der Waals surface area contributed by atoms with Gasteiger partial charge in [0.1, 0.15) is 11.0 Å². The van der Waals surface area contributed by atoms with Crippen LogP contribution in [0.25, 0.3) is 27.9 Å². The number of imidazole rings is 1. The van der Waals surface area contributed by atoms with Crippen LogP contribution in [0.1, 0.15) is 37.1 Å². The van der Waals surface area contributed by atoms with Crippen LogP contribution in [0.4, 0.5) is 4.39 Å². The van der Waals surface area contributed by atoms with Crippen LogP contribution in [0.2, 0.25) is 0 Å². The van der Waals surface area contributed by atoms with Crippen molar-refractivity contribution in [3.8, 4) is 11.3 Å². The maximum atomic E-state index is 14.8. The fraction of sp³-hybridized carbons (Fsp3) is 0.400. The highest BCUT2D eigenvalue weighted by atomic mass is 19.1. The summed E-state index contributed by atoms with van der Waals surface area (Å²) >= 11 is 0. The van der Waals surface area contributed by atoms with Gasteiger partial charge >= 0.3 is 0 Å². The third-order valence-corrected chi connectivity index (χ3v) is 5.39. The second-order valence-corrected chi connectivity index (χ2v) is 7.39. The number of rotatable bonds is 3. The van der Waals surface area contributed by atoms with Gasteiger partial charge in [-0.3, -0.25) is 0 Å². The van der Waals surface area contributed by atoms with Crippen molar-refractivity contribution >= 4 is 16.7 Å². The summed E-state index contributed by atoms with van der Waals surface area (Å²) in [6, 6.07) is 5.58. The molecule has 8 heteroatoms. The Bertz CT molecular complexity index is 1170. The molecule has 0 spiro atoms. The van der Waals surface area contributed by atoms with Gasteiger partial charge in [0.05, 0.1) is 23.6 Å². The normalized spacial score (nSPS) is 15.7. The largest absolute Gasteiger partial charge is 0.317 e. The second kappa shape index (κ2) is 6.63. The van der Waals surface area contributed by atoms with Gasteiger partial charge in [0.2, 0.25) is 0 Å². The number of aromatic nitrogens is 6. The number of nitrogens with zero attached hydrogens (tertiary/aromatic N) is 6. The van der Waals surface area contributed by atoms with Gasteiger partial charge in [-0.1, -0.05) is 6.92 Å². The molecule has 0 atom stereocenters. The van der Waals surface area contributed by atoms with Crippen LogP contribution >= 0.6 is 0 Å². The van der Waals surface area contributed by atoms with E-state index >= 15 is 0 Å². The van der Waals surface area contributed by atoms with Gasteiger partial charge in [0, 0.05) is 5.56 Å². The van der Waals surface area contributed by atoms with E-state index in [4.69, 9.17) is 0 Å². The Morgan fingerprint density at radius 2 is 1.96 bits per heavy atom. The van der Waals surface area contributed by atoms with Gasteiger partial charge < -0.3 is 5.32 Å². The van der Waals surface area contributed by atoms with Crippen LogP contribution in [0.5, 0.6) is 0 Å². The van der Waals surface area contributed by atoms with Crippen molar-refractivity contribution < 1.29 is 4.39 Å². The molecule has 1 saturated heterocycles. The van der Waals surface area contributed by atoms with Crippen molar-refractivity contribution in [1.82, 2.24) is 34.9 Å². The molecule has 0 unspecified atom stereocenters. The van der Waals surface area contributed by atoms with E-state index in [0.29, 0.717) is 22.3 Å². The maximum absolute atomic E-state index is 14.8. The van der Waals surface area contributed by atoms with E-state index in [2.05, 4.69) is 32.5 Å². The number of benzene rings is 1. The molecule has 144 valence electrons. The molecule has 1 N–H and O–H groups in total. The summed E-state index contributed by atoms with van der Waals surface area (Å²) in [6.07, 6.45) is 4.62. The standard InChI is InChI=1S/C20H22FN7/c1-3-13-9-17(24-27-11-12(2)23-20(13)27)14-8-16(21)19-18(10-14)25-28(26-19)15-4-6-22-7-5-15/h8-11,15,22H,3-7H2,1-2H3. The highest BCUT2D eigenvalue weighted by Gasteiger charge is 2.20. The zero-order valence-corrected chi connectivity index (χ0v) is 16.0. The van der Waals surface area contributed by atoms with Crippen LogP contribution in [0.15, 0.2) is 24.4 Å². The molecular weight excluding hydrogens is 357 g/mol. The van der Waals surface area contributed by atoms with E-state index in [1.54, 1.807) is 9.31 Å². The molecule has 4 aromatic rings. The molecular formula is C20H22FN7. The van der Waals surface area contributed by atoms with Gasteiger partial charge in [0.15, 0.2) is 11.5 Å². The number of halogens is 1. The third-order valence-electron chi connectivity index (χ3n) is 5.39. The Balaban J connectivity index is 1.62. The Labute approximate surface area is 161 Å². The number of nitrogens with one attached hydrogen (secondary N) is 1. The van der Waals surface area contributed by atoms with E-state index in [1.165, 1.54) is 6.07 Å². The highest BCUT2D eigenvalue weighted by Crippen LogP contribution is 2.27. The Morgan fingerprint density at radius 3 is 2.75 bits per heavy atom. The van der Waals surface area contributed by atoms with Crippen LogP contribution < -0.4 is 5.32 Å². The Kier molecular flexibility index (Phi) is 4.08. The second-order valence-electron chi connectivity index (χ2n) is 7.39. The summed E-state index contributed by atoms with van der Waals surface area (Å²) < 4.78 is 16.6. The van der Waals surface area contributed by atoms with Gasteiger partial charge in [-0.05, 0) is 63.0 Å². The van der Waals surface area contributed by atoms with Crippen molar-refractivity contribution in [2.75, 3.05) is 13.1 Å². The SMILES string of the molecule is CCc1cc(-c2cc(F)c3nn(C4CCNCC4)nc3c2)nn2cc(C)nc12. The lowest BCUT2D eigenvalue weighted by Gasteiger charge is -2.21. The van der Waals surface area contributed by atoms with Gasteiger partial charge in [-0.15, -0.1) is 5.10 Å². The Hall–Kier alpha value is -2.87. The van der Waals surface area contributed by atoms with Crippen LogP contribution in [-0.2, 0) is 6.42 Å². The molecule has 1 aliphatic heterocycles.